The number of amides is 1. The molecule has 1 amide bonds. The zero-order valence-corrected chi connectivity index (χ0v) is 9.54. The highest BCUT2D eigenvalue weighted by Crippen LogP contribution is 2.16. The maximum absolute atomic E-state index is 11.7. The average molecular weight is 233 g/mol. The molecule has 0 aromatic heterocycles. The summed E-state index contributed by atoms with van der Waals surface area (Å²) in [4.78, 5) is 23.8. The Balaban J connectivity index is 1.80. The van der Waals surface area contributed by atoms with E-state index in [1.807, 2.05) is 30.3 Å². The number of hydrogen-bond donors (Lipinski definition) is 0. The molecule has 0 N–H and O–H groups in total. The first-order valence-corrected chi connectivity index (χ1v) is 5.69. The number of carbonyl (C=O) groups is 2. The lowest BCUT2D eigenvalue weighted by molar-refractivity contribution is -0.149. The molecular formula is C13H15NO3. The van der Waals surface area contributed by atoms with Crippen LogP contribution in [0.4, 0.5) is 0 Å². The van der Waals surface area contributed by atoms with Gasteiger partial charge in [0, 0.05) is 13.1 Å². The summed E-state index contributed by atoms with van der Waals surface area (Å²) in [6.45, 7) is 1.43. The van der Waals surface area contributed by atoms with Crippen LogP contribution in [0.25, 0.3) is 0 Å². The predicted molar refractivity (Wildman–Crippen MR) is 62.0 cm³/mol. The summed E-state index contributed by atoms with van der Waals surface area (Å²) in [5.74, 6) is -0.373. The summed E-state index contributed by atoms with van der Waals surface area (Å²) in [6.07, 6.45) is 1.48. The zero-order chi connectivity index (χ0) is 12.1. The number of hydrogen-bond acceptors (Lipinski definition) is 3. The molecule has 1 atom stereocenters. The molecule has 1 fully saturated rings. The Morgan fingerprint density at radius 3 is 2.82 bits per heavy atom. The summed E-state index contributed by atoms with van der Waals surface area (Å²) >= 11 is 0. The fraction of sp³-hybridized carbons (Fsp3) is 0.385. The van der Waals surface area contributed by atoms with Crippen molar-refractivity contribution in [1.29, 1.82) is 0 Å². The highest BCUT2D eigenvalue weighted by Gasteiger charge is 2.28. The van der Waals surface area contributed by atoms with Crippen molar-refractivity contribution >= 4 is 12.4 Å². The monoisotopic (exact) mass is 233 g/mol. The van der Waals surface area contributed by atoms with E-state index in [9.17, 15) is 9.59 Å². The molecule has 0 aliphatic carbocycles. The molecule has 0 radical (unpaired) electrons. The van der Waals surface area contributed by atoms with E-state index < -0.39 is 0 Å². The first-order valence-electron chi connectivity index (χ1n) is 5.69. The van der Waals surface area contributed by atoms with E-state index >= 15 is 0 Å². The first kappa shape index (κ1) is 11.6. The van der Waals surface area contributed by atoms with Gasteiger partial charge in [-0.15, -0.1) is 0 Å². The van der Waals surface area contributed by atoms with Gasteiger partial charge in [-0.3, -0.25) is 9.59 Å². The molecule has 0 spiro atoms. The lowest BCUT2D eigenvalue weighted by atomic mass is 10.1. The molecule has 1 heterocycles. The van der Waals surface area contributed by atoms with Crippen molar-refractivity contribution < 1.29 is 14.3 Å². The quantitative estimate of drug-likeness (QED) is 0.580. The van der Waals surface area contributed by atoms with Gasteiger partial charge >= 0.3 is 5.97 Å². The molecule has 2 rings (SSSR count). The van der Waals surface area contributed by atoms with Crippen LogP contribution in [0.5, 0.6) is 0 Å². The minimum Gasteiger partial charge on any atom is -0.461 e. The van der Waals surface area contributed by atoms with E-state index in [-0.39, 0.29) is 11.9 Å². The lowest BCUT2D eigenvalue weighted by Crippen LogP contribution is -2.23. The second-order valence-corrected chi connectivity index (χ2v) is 4.18. The van der Waals surface area contributed by atoms with Crippen molar-refractivity contribution in [2.45, 2.75) is 13.0 Å². The molecule has 1 unspecified atom stereocenters. The van der Waals surface area contributed by atoms with Gasteiger partial charge in [-0.1, -0.05) is 30.3 Å². The van der Waals surface area contributed by atoms with E-state index in [4.69, 9.17) is 4.74 Å². The van der Waals surface area contributed by atoms with Crippen LogP contribution in [0.15, 0.2) is 30.3 Å². The Labute approximate surface area is 100 Å². The first-order chi connectivity index (χ1) is 8.29. The lowest BCUT2D eigenvalue weighted by Gasteiger charge is -2.10. The Hall–Kier alpha value is -1.84. The van der Waals surface area contributed by atoms with Gasteiger partial charge in [0.25, 0.3) is 0 Å². The summed E-state index contributed by atoms with van der Waals surface area (Å²) in [6, 6.07) is 9.57. The van der Waals surface area contributed by atoms with Gasteiger partial charge in [-0.2, -0.15) is 0 Å². The van der Waals surface area contributed by atoms with Crippen LogP contribution in [0.1, 0.15) is 12.0 Å². The van der Waals surface area contributed by atoms with E-state index in [1.165, 1.54) is 0 Å². The molecule has 0 bridgehead atoms. The van der Waals surface area contributed by atoms with Crippen molar-refractivity contribution in [3.05, 3.63) is 35.9 Å². The topological polar surface area (TPSA) is 46.6 Å². The van der Waals surface area contributed by atoms with Crippen molar-refractivity contribution in [3.63, 3.8) is 0 Å². The molecule has 1 aromatic rings. The Kier molecular flexibility index (Phi) is 3.75. The highest BCUT2D eigenvalue weighted by molar-refractivity contribution is 5.73. The van der Waals surface area contributed by atoms with Crippen LogP contribution in [0.3, 0.4) is 0 Å². The molecule has 0 saturated carbocycles. The smallest absolute Gasteiger partial charge is 0.311 e. The van der Waals surface area contributed by atoms with Crippen LogP contribution in [-0.2, 0) is 20.9 Å². The number of nitrogens with zero attached hydrogens (tertiary/aromatic N) is 1. The number of likely N-dealkylation sites (tertiary alicyclic amines) is 1. The molecule has 90 valence electrons. The fourth-order valence-corrected chi connectivity index (χ4v) is 1.92. The summed E-state index contributed by atoms with van der Waals surface area (Å²) < 4.78 is 5.22. The van der Waals surface area contributed by atoms with Gasteiger partial charge in [0.2, 0.25) is 6.41 Å². The van der Waals surface area contributed by atoms with Gasteiger partial charge in [-0.05, 0) is 12.0 Å². The summed E-state index contributed by atoms with van der Waals surface area (Å²) in [5, 5.41) is 0. The standard InChI is InChI=1S/C13H15NO3/c15-10-14-7-6-12(8-14)13(16)17-9-11-4-2-1-3-5-11/h1-5,10,12H,6-9H2. The Morgan fingerprint density at radius 1 is 1.41 bits per heavy atom. The molecule has 1 aliphatic heterocycles. The molecular weight excluding hydrogens is 218 g/mol. The maximum atomic E-state index is 11.7. The van der Waals surface area contributed by atoms with Gasteiger partial charge in [-0.25, -0.2) is 0 Å². The van der Waals surface area contributed by atoms with E-state index in [1.54, 1.807) is 4.90 Å². The normalized spacial score (nSPS) is 19.1. The zero-order valence-electron chi connectivity index (χ0n) is 9.54. The molecule has 17 heavy (non-hydrogen) atoms. The number of rotatable bonds is 4. The third-order valence-corrected chi connectivity index (χ3v) is 2.93. The van der Waals surface area contributed by atoms with Gasteiger partial charge in [0.15, 0.2) is 0 Å². The summed E-state index contributed by atoms with van der Waals surface area (Å²) in [5.41, 5.74) is 0.978. The number of esters is 1. The van der Waals surface area contributed by atoms with Crippen molar-refractivity contribution in [2.75, 3.05) is 13.1 Å². The fourth-order valence-electron chi connectivity index (χ4n) is 1.92. The number of carbonyl (C=O) groups excluding carboxylic acids is 2. The minimum absolute atomic E-state index is 0.163. The molecule has 1 aromatic carbocycles. The van der Waals surface area contributed by atoms with E-state index in [0.717, 1.165) is 12.0 Å². The molecule has 4 heteroatoms. The molecule has 1 aliphatic rings. The SMILES string of the molecule is O=CN1CCC(C(=O)OCc2ccccc2)C1. The predicted octanol–water partition coefficient (Wildman–Crippen LogP) is 1.21. The van der Waals surface area contributed by atoms with Crippen LogP contribution < -0.4 is 0 Å². The van der Waals surface area contributed by atoms with E-state index in [0.29, 0.717) is 26.1 Å². The Morgan fingerprint density at radius 2 is 2.18 bits per heavy atom. The Bertz CT molecular complexity index is 391. The third kappa shape index (κ3) is 3.06. The van der Waals surface area contributed by atoms with Gasteiger partial charge < -0.3 is 9.64 Å². The van der Waals surface area contributed by atoms with Crippen molar-refractivity contribution in [3.8, 4) is 0 Å². The minimum atomic E-state index is -0.210. The second-order valence-electron chi connectivity index (χ2n) is 4.18. The van der Waals surface area contributed by atoms with Crippen molar-refractivity contribution in [2.24, 2.45) is 5.92 Å². The van der Waals surface area contributed by atoms with Crippen LogP contribution in [0, 0.1) is 5.92 Å². The number of benzene rings is 1. The number of ether oxygens (including phenoxy) is 1. The van der Waals surface area contributed by atoms with Crippen LogP contribution in [-0.4, -0.2) is 30.4 Å². The molecule has 4 nitrogen and oxygen atoms in total. The molecule has 1 saturated heterocycles. The largest absolute Gasteiger partial charge is 0.461 e. The van der Waals surface area contributed by atoms with Crippen LogP contribution >= 0.6 is 0 Å². The maximum Gasteiger partial charge on any atom is 0.311 e. The summed E-state index contributed by atoms with van der Waals surface area (Å²) in [7, 11) is 0. The van der Waals surface area contributed by atoms with E-state index in [2.05, 4.69) is 0 Å². The second kappa shape index (κ2) is 5.48. The highest BCUT2D eigenvalue weighted by atomic mass is 16.5. The van der Waals surface area contributed by atoms with Crippen LogP contribution in [0.2, 0.25) is 0 Å². The van der Waals surface area contributed by atoms with Gasteiger partial charge in [0.05, 0.1) is 5.92 Å². The third-order valence-electron chi connectivity index (χ3n) is 2.93. The average Bonchev–Trinajstić information content (AvgIpc) is 2.86. The van der Waals surface area contributed by atoms with Crippen molar-refractivity contribution in [1.82, 2.24) is 4.90 Å². The van der Waals surface area contributed by atoms with Gasteiger partial charge in [0.1, 0.15) is 6.61 Å².